The Labute approximate surface area is 176 Å². The van der Waals surface area contributed by atoms with Crippen LogP contribution in [0.15, 0.2) is 89.9 Å². The van der Waals surface area contributed by atoms with Gasteiger partial charge in [-0.1, -0.05) is 104 Å². The molecule has 3 aromatic carbocycles. The molecule has 0 bridgehead atoms. The van der Waals surface area contributed by atoms with Gasteiger partial charge in [-0.15, -0.1) is 0 Å². The molecule has 4 heteroatoms. The van der Waals surface area contributed by atoms with Crippen molar-refractivity contribution in [2.24, 2.45) is 4.99 Å². The minimum atomic E-state index is -0.942. The number of hydrogen-bond donors (Lipinski definition) is 1. The maximum Gasteiger partial charge on any atom is 0.328 e. The molecule has 0 spiro atoms. The van der Waals surface area contributed by atoms with Crippen molar-refractivity contribution in [3.63, 3.8) is 0 Å². The van der Waals surface area contributed by atoms with E-state index in [2.05, 4.69) is 4.99 Å². The minimum absolute atomic E-state index is 0.317. The molecule has 0 amide bonds. The van der Waals surface area contributed by atoms with Crippen molar-refractivity contribution in [3.05, 3.63) is 107 Å². The number of aliphatic imine (C=N–C) groups is 1. The predicted octanol–water partition coefficient (Wildman–Crippen LogP) is 5.35. The van der Waals surface area contributed by atoms with E-state index in [-0.39, 0.29) is 0 Å². The van der Waals surface area contributed by atoms with Crippen molar-refractivity contribution in [2.45, 2.75) is 25.8 Å². The van der Waals surface area contributed by atoms with Crippen molar-refractivity contribution < 1.29 is 9.90 Å². The molecule has 3 rings (SSSR count). The van der Waals surface area contributed by atoms with Gasteiger partial charge in [0, 0.05) is 22.4 Å². The topological polar surface area (TPSA) is 49.7 Å². The number of nitrogens with zero attached hydrogens (tertiary/aromatic N) is 1. The second kappa shape index (κ2) is 9.89. The summed E-state index contributed by atoms with van der Waals surface area (Å²) in [6.45, 7) is 2.03. The maximum atomic E-state index is 12.0. The zero-order valence-corrected chi connectivity index (χ0v) is 17.1. The molecule has 0 aliphatic rings. The summed E-state index contributed by atoms with van der Waals surface area (Å²) in [6, 6.07) is 26.3. The van der Waals surface area contributed by atoms with E-state index in [1.54, 1.807) is 0 Å². The quantitative estimate of drug-likeness (QED) is 0.315. The summed E-state index contributed by atoms with van der Waals surface area (Å²) in [5.74, 6) is -0.942. The van der Waals surface area contributed by atoms with E-state index < -0.39 is 12.0 Å². The average molecular weight is 402 g/mol. The van der Waals surface area contributed by atoms with Gasteiger partial charge in [0.05, 0.1) is 5.71 Å². The Balaban J connectivity index is 1.94. The third kappa shape index (κ3) is 5.46. The first-order chi connectivity index (χ1) is 14.1. The SMILES string of the molecule is CCC(=S)c1ccc(CC(N=C(c2ccccc2)c2ccccc2)C(=O)O)cc1. The van der Waals surface area contributed by atoms with Crippen LogP contribution < -0.4 is 0 Å². The highest BCUT2D eigenvalue weighted by Crippen LogP contribution is 2.16. The van der Waals surface area contributed by atoms with E-state index in [1.165, 1.54) is 0 Å². The minimum Gasteiger partial charge on any atom is -0.480 e. The van der Waals surface area contributed by atoms with Gasteiger partial charge >= 0.3 is 5.97 Å². The fourth-order valence-electron chi connectivity index (χ4n) is 3.11. The van der Waals surface area contributed by atoms with Crippen molar-refractivity contribution in [1.29, 1.82) is 0 Å². The van der Waals surface area contributed by atoms with Gasteiger partial charge in [-0.05, 0) is 17.5 Å². The number of carboxylic acid groups (broad SMARTS) is 1. The Morgan fingerprint density at radius 2 is 1.38 bits per heavy atom. The molecule has 0 radical (unpaired) electrons. The summed E-state index contributed by atoms with van der Waals surface area (Å²) in [4.78, 5) is 17.6. The molecule has 1 atom stereocenters. The highest BCUT2D eigenvalue weighted by atomic mass is 32.1. The Bertz CT molecular complexity index is 955. The molecule has 0 heterocycles. The van der Waals surface area contributed by atoms with Gasteiger partial charge in [0.15, 0.2) is 6.04 Å². The lowest BCUT2D eigenvalue weighted by molar-refractivity contribution is -0.138. The summed E-state index contributed by atoms with van der Waals surface area (Å²) in [6.07, 6.45) is 1.13. The molecular formula is C25H23NO2S. The molecule has 0 saturated carbocycles. The molecule has 0 aliphatic carbocycles. The van der Waals surface area contributed by atoms with Crippen LogP contribution in [0.5, 0.6) is 0 Å². The normalized spacial score (nSPS) is 11.5. The highest BCUT2D eigenvalue weighted by molar-refractivity contribution is 7.80. The third-order valence-corrected chi connectivity index (χ3v) is 5.21. The van der Waals surface area contributed by atoms with Gasteiger partial charge in [-0.25, -0.2) is 4.79 Å². The fourth-order valence-corrected chi connectivity index (χ4v) is 3.24. The number of carboxylic acids is 1. The van der Waals surface area contributed by atoms with E-state index in [1.807, 2.05) is 91.9 Å². The van der Waals surface area contributed by atoms with Gasteiger partial charge in [-0.2, -0.15) is 0 Å². The number of aliphatic carboxylic acids is 1. The second-order valence-corrected chi connectivity index (χ2v) is 7.23. The Hall–Kier alpha value is -3.11. The van der Waals surface area contributed by atoms with Gasteiger partial charge in [0.25, 0.3) is 0 Å². The van der Waals surface area contributed by atoms with Gasteiger partial charge in [0.2, 0.25) is 0 Å². The van der Waals surface area contributed by atoms with Crippen LogP contribution in [0, 0.1) is 0 Å². The van der Waals surface area contributed by atoms with Crippen LogP contribution in [0.1, 0.15) is 35.6 Å². The van der Waals surface area contributed by atoms with Crippen LogP contribution in [0.25, 0.3) is 0 Å². The van der Waals surface area contributed by atoms with Crippen LogP contribution in [0.3, 0.4) is 0 Å². The number of carbonyl (C=O) groups is 1. The molecule has 0 fully saturated rings. The molecule has 0 aliphatic heterocycles. The number of hydrogen-bond acceptors (Lipinski definition) is 3. The van der Waals surface area contributed by atoms with Crippen LogP contribution >= 0.6 is 12.2 Å². The first-order valence-corrected chi connectivity index (χ1v) is 10.0. The monoisotopic (exact) mass is 401 g/mol. The maximum absolute atomic E-state index is 12.0. The number of thiocarbonyl (C=S) groups is 1. The highest BCUT2D eigenvalue weighted by Gasteiger charge is 2.19. The molecule has 29 heavy (non-hydrogen) atoms. The van der Waals surface area contributed by atoms with E-state index in [0.717, 1.165) is 33.5 Å². The van der Waals surface area contributed by atoms with Crippen LogP contribution in [-0.2, 0) is 11.2 Å². The predicted molar refractivity (Wildman–Crippen MR) is 122 cm³/mol. The van der Waals surface area contributed by atoms with E-state index in [9.17, 15) is 9.90 Å². The Morgan fingerprint density at radius 3 is 1.83 bits per heavy atom. The summed E-state index contributed by atoms with van der Waals surface area (Å²) < 4.78 is 0. The van der Waals surface area contributed by atoms with Gasteiger partial charge in [-0.3, -0.25) is 4.99 Å². The van der Waals surface area contributed by atoms with Crippen molar-refractivity contribution in [2.75, 3.05) is 0 Å². The summed E-state index contributed by atoms with van der Waals surface area (Å²) in [7, 11) is 0. The van der Waals surface area contributed by atoms with Crippen LogP contribution in [-0.4, -0.2) is 27.7 Å². The molecule has 0 saturated heterocycles. The summed E-state index contributed by atoms with van der Waals surface area (Å²) in [5.41, 5.74) is 4.41. The molecule has 0 aromatic heterocycles. The van der Waals surface area contributed by atoms with Crippen molar-refractivity contribution in [1.82, 2.24) is 0 Å². The lowest BCUT2D eigenvalue weighted by Crippen LogP contribution is -2.23. The molecule has 1 unspecified atom stereocenters. The smallest absolute Gasteiger partial charge is 0.328 e. The van der Waals surface area contributed by atoms with E-state index >= 15 is 0 Å². The number of rotatable bonds is 8. The Kier molecular flexibility index (Phi) is 7.04. The lowest BCUT2D eigenvalue weighted by Gasteiger charge is -2.13. The second-order valence-electron chi connectivity index (χ2n) is 6.74. The summed E-state index contributed by atoms with van der Waals surface area (Å²) >= 11 is 5.34. The molecular weight excluding hydrogens is 378 g/mol. The zero-order valence-electron chi connectivity index (χ0n) is 16.3. The van der Waals surface area contributed by atoms with Crippen molar-refractivity contribution >= 4 is 28.8 Å². The van der Waals surface area contributed by atoms with Crippen molar-refractivity contribution in [3.8, 4) is 0 Å². The summed E-state index contributed by atoms with van der Waals surface area (Å²) in [5, 5.41) is 9.83. The van der Waals surface area contributed by atoms with Gasteiger partial charge < -0.3 is 5.11 Å². The lowest BCUT2D eigenvalue weighted by atomic mass is 10.00. The first-order valence-electron chi connectivity index (χ1n) is 9.62. The van der Waals surface area contributed by atoms with Crippen LogP contribution in [0.2, 0.25) is 0 Å². The molecule has 3 aromatic rings. The fraction of sp³-hybridized carbons (Fsp3) is 0.160. The van der Waals surface area contributed by atoms with Crippen LogP contribution in [0.4, 0.5) is 0 Å². The average Bonchev–Trinajstić information content (AvgIpc) is 2.77. The largest absolute Gasteiger partial charge is 0.480 e. The first kappa shape index (κ1) is 20.6. The molecule has 3 nitrogen and oxygen atoms in total. The van der Waals surface area contributed by atoms with E-state index in [0.29, 0.717) is 12.1 Å². The third-order valence-electron chi connectivity index (χ3n) is 4.69. The molecule has 146 valence electrons. The Morgan fingerprint density at radius 1 is 0.862 bits per heavy atom. The van der Waals surface area contributed by atoms with E-state index in [4.69, 9.17) is 12.2 Å². The zero-order chi connectivity index (χ0) is 20.6. The molecule has 1 N–H and O–H groups in total. The van der Waals surface area contributed by atoms with Gasteiger partial charge in [0.1, 0.15) is 0 Å². The number of benzene rings is 3. The standard InChI is InChI=1S/C25H23NO2S/c1-2-23(29)19-15-13-18(14-16-19)17-22(25(27)28)26-24(20-9-5-3-6-10-20)21-11-7-4-8-12-21/h3-16,22H,2,17H2,1H3,(H,27,28).